The number of hydrogen-bond donors (Lipinski definition) is 2. The van der Waals surface area contributed by atoms with E-state index in [9.17, 15) is 5.11 Å². The molecule has 5 heteroatoms. The number of nitrogens with one attached hydrogen (secondary N) is 1. The highest BCUT2D eigenvalue weighted by molar-refractivity contribution is 5.76. The second kappa shape index (κ2) is 5.26. The molecule has 1 aromatic rings. The fraction of sp³-hybridized carbons (Fsp3) is 0.529. The Morgan fingerprint density at radius 2 is 2.00 bits per heavy atom. The Bertz CT molecular complexity index is 618. The van der Waals surface area contributed by atoms with E-state index in [1.807, 2.05) is 18.2 Å². The normalized spacial score (nSPS) is 27.5. The van der Waals surface area contributed by atoms with Crippen molar-refractivity contribution in [1.82, 2.24) is 0 Å². The first-order valence-electron chi connectivity index (χ1n) is 7.54. The second-order valence-corrected chi connectivity index (χ2v) is 6.49. The summed E-state index contributed by atoms with van der Waals surface area (Å²) in [5, 5.41) is 10.3. The molecular weight excluding hydrogens is 282 g/mol. The topological polar surface area (TPSA) is 52.4 Å². The van der Waals surface area contributed by atoms with Gasteiger partial charge in [-0.2, -0.15) is 0 Å². The number of likely N-dealkylation sites (N-methyl/N-ethyl adjacent to an activating group) is 1. The summed E-state index contributed by atoms with van der Waals surface area (Å²) in [6.45, 7) is 3.57. The maximum Gasteiger partial charge on any atom is 0.223 e. The number of aliphatic hydroxyl groups is 1. The SMILES string of the molecule is COC1=C2CC(C(C)(C)O)OC2[NH+](C)c2c(OC)cccc21. The molecule has 120 valence electrons. The van der Waals surface area contributed by atoms with Crippen molar-refractivity contribution in [2.24, 2.45) is 0 Å². The third kappa shape index (κ3) is 2.20. The van der Waals surface area contributed by atoms with Crippen LogP contribution in [0, 0.1) is 0 Å². The van der Waals surface area contributed by atoms with Gasteiger partial charge in [-0.1, -0.05) is 6.07 Å². The molecule has 0 aliphatic carbocycles. The van der Waals surface area contributed by atoms with E-state index in [-0.39, 0.29) is 12.3 Å². The summed E-state index contributed by atoms with van der Waals surface area (Å²) in [7, 11) is 5.41. The Balaban J connectivity index is 2.13. The smallest absolute Gasteiger partial charge is 0.223 e. The lowest BCUT2D eigenvalue weighted by Crippen LogP contribution is -3.09. The minimum Gasteiger partial charge on any atom is -0.496 e. The number of methoxy groups -OCH3 is 2. The van der Waals surface area contributed by atoms with Gasteiger partial charge < -0.3 is 19.3 Å². The summed E-state index contributed by atoms with van der Waals surface area (Å²) in [5.74, 6) is 1.66. The predicted molar refractivity (Wildman–Crippen MR) is 83.0 cm³/mol. The van der Waals surface area contributed by atoms with E-state index in [4.69, 9.17) is 14.2 Å². The summed E-state index contributed by atoms with van der Waals surface area (Å²) in [5.41, 5.74) is 2.28. The molecule has 0 amide bonds. The molecule has 0 spiro atoms. The van der Waals surface area contributed by atoms with E-state index in [0.29, 0.717) is 6.42 Å². The molecule has 3 unspecified atom stereocenters. The maximum absolute atomic E-state index is 10.3. The number of hydrogen-bond acceptors (Lipinski definition) is 4. The molecule has 22 heavy (non-hydrogen) atoms. The molecular formula is C17H24NO4+. The van der Waals surface area contributed by atoms with Gasteiger partial charge in [0.25, 0.3) is 0 Å². The van der Waals surface area contributed by atoms with Crippen molar-refractivity contribution >= 4 is 11.4 Å². The molecule has 3 rings (SSSR count). The van der Waals surface area contributed by atoms with Gasteiger partial charge in [0.2, 0.25) is 6.23 Å². The molecule has 2 N–H and O–H groups in total. The lowest BCUT2D eigenvalue weighted by Gasteiger charge is -2.31. The molecule has 2 heterocycles. The zero-order valence-corrected chi connectivity index (χ0v) is 13.8. The quantitative estimate of drug-likeness (QED) is 0.878. The van der Waals surface area contributed by atoms with Crippen LogP contribution in [-0.4, -0.2) is 44.3 Å². The van der Waals surface area contributed by atoms with E-state index < -0.39 is 5.60 Å². The summed E-state index contributed by atoms with van der Waals surface area (Å²) in [4.78, 5) is 1.11. The number of rotatable bonds is 3. The number of ether oxygens (including phenoxy) is 3. The first-order chi connectivity index (χ1) is 10.4. The van der Waals surface area contributed by atoms with Crippen LogP contribution in [-0.2, 0) is 9.47 Å². The van der Waals surface area contributed by atoms with Gasteiger partial charge in [-0.3, -0.25) is 4.90 Å². The molecule has 1 saturated heterocycles. The van der Waals surface area contributed by atoms with Gasteiger partial charge in [0.05, 0.1) is 44.1 Å². The standard InChI is InChI=1S/C17H23NO4/c1-17(2,19)13-9-11-15(21-5)10-7-6-8-12(20-4)14(10)18(3)16(11)22-13/h6-8,13,16,19H,9H2,1-5H3/p+1. The van der Waals surface area contributed by atoms with Crippen LogP contribution in [0.5, 0.6) is 5.75 Å². The van der Waals surface area contributed by atoms with Gasteiger partial charge in [0.15, 0.2) is 11.4 Å². The summed E-state index contributed by atoms with van der Waals surface area (Å²) >= 11 is 0. The van der Waals surface area contributed by atoms with E-state index in [1.54, 1.807) is 28.1 Å². The van der Waals surface area contributed by atoms with E-state index >= 15 is 0 Å². The Morgan fingerprint density at radius 1 is 1.27 bits per heavy atom. The first-order valence-corrected chi connectivity index (χ1v) is 7.54. The highest BCUT2D eigenvalue weighted by Gasteiger charge is 2.49. The average molecular weight is 306 g/mol. The fourth-order valence-electron chi connectivity index (χ4n) is 3.44. The van der Waals surface area contributed by atoms with Crippen LogP contribution in [0.2, 0.25) is 0 Å². The van der Waals surface area contributed by atoms with Crippen LogP contribution in [0.3, 0.4) is 0 Å². The molecule has 1 aromatic carbocycles. The van der Waals surface area contributed by atoms with Gasteiger partial charge in [0.1, 0.15) is 5.76 Å². The van der Waals surface area contributed by atoms with E-state index in [2.05, 4.69) is 7.05 Å². The maximum atomic E-state index is 10.3. The number of quaternary nitrogens is 1. The molecule has 3 atom stereocenters. The molecule has 0 radical (unpaired) electrons. The average Bonchev–Trinajstić information content (AvgIpc) is 2.92. The Kier molecular flexibility index (Phi) is 3.67. The van der Waals surface area contributed by atoms with E-state index in [1.165, 1.54) is 0 Å². The Morgan fingerprint density at radius 3 is 2.59 bits per heavy atom. The Labute approximate surface area is 131 Å². The third-order valence-corrected chi connectivity index (χ3v) is 4.58. The third-order valence-electron chi connectivity index (χ3n) is 4.58. The molecule has 2 aliphatic heterocycles. The van der Waals surface area contributed by atoms with Crippen LogP contribution in [0.15, 0.2) is 23.8 Å². The van der Waals surface area contributed by atoms with Gasteiger partial charge in [-0.05, 0) is 26.0 Å². The highest BCUT2D eigenvalue weighted by atomic mass is 16.5. The predicted octanol–water partition coefficient (Wildman–Crippen LogP) is 1.10. The first kappa shape index (κ1) is 15.3. The van der Waals surface area contributed by atoms with Crippen molar-refractivity contribution in [3.63, 3.8) is 0 Å². The molecule has 0 saturated carbocycles. The largest absolute Gasteiger partial charge is 0.496 e. The summed E-state index contributed by atoms with van der Waals surface area (Å²) < 4.78 is 17.4. The molecule has 2 aliphatic rings. The second-order valence-electron chi connectivity index (χ2n) is 6.49. The Hall–Kier alpha value is -1.56. The van der Waals surface area contributed by atoms with Crippen molar-refractivity contribution in [2.45, 2.75) is 38.2 Å². The number of para-hydroxylation sites is 1. The number of benzene rings is 1. The van der Waals surface area contributed by atoms with Crippen LogP contribution in [0.25, 0.3) is 5.76 Å². The van der Waals surface area contributed by atoms with E-state index in [0.717, 1.165) is 33.2 Å². The van der Waals surface area contributed by atoms with Gasteiger partial charge in [0, 0.05) is 6.42 Å². The van der Waals surface area contributed by atoms with Crippen molar-refractivity contribution in [3.05, 3.63) is 29.3 Å². The van der Waals surface area contributed by atoms with Crippen LogP contribution in [0.1, 0.15) is 25.8 Å². The summed E-state index contributed by atoms with van der Waals surface area (Å²) in [6.07, 6.45) is 0.272. The van der Waals surface area contributed by atoms with Gasteiger partial charge in [-0.15, -0.1) is 0 Å². The van der Waals surface area contributed by atoms with Crippen molar-refractivity contribution in [1.29, 1.82) is 0 Å². The molecule has 1 fully saturated rings. The fourth-order valence-corrected chi connectivity index (χ4v) is 3.44. The molecule has 5 nitrogen and oxygen atoms in total. The van der Waals surface area contributed by atoms with Crippen molar-refractivity contribution in [3.8, 4) is 5.75 Å². The van der Waals surface area contributed by atoms with Crippen LogP contribution in [0.4, 0.5) is 5.69 Å². The molecule has 0 aromatic heterocycles. The van der Waals surface area contributed by atoms with Crippen molar-refractivity contribution in [2.75, 3.05) is 21.3 Å². The summed E-state index contributed by atoms with van der Waals surface area (Å²) in [6, 6.07) is 5.96. The molecule has 0 bridgehead atoms. The minimum atomic E-state index is -0.889. The minimum absolute atomic E-state index is 0.157. The van der Waals surface area contributed by atoms with Crippen LogP contribution < -0.4 is 9.64 Å². The lowest BCUT2D eigenvalue weighted by molar-refractivity contribution is -0.860. The zero-order valence-electron chi connectivity index (χ0n) is 13.8. The lowest BCUT2D eigenvalue weighted by atomic mass is 9.93. The zero-order chi connectivity index (χ0) is 16.1. The monoisotopic (exact) mass is 306 g/mol. The highest BCUT2D eigenvalue weighted by Crippen LogP contribution is 2.42. The van der Waals surface area contributed by atoms with Gasteiger partial charge in [-0.25, -0.2) is 0 Å². The number of fused-ring (bicyclic) bond motifs is 2. The van der Waals surface area contributed by atoms with Gasteiger partial charge >= 0.3 is 0 Å². The van der Waals surface area contributed by atoms with Crippen molar-refractivity contribution < 1.29 is 24.2 Å². The van der Waals surface area contributed by atoms with Crippen LogP contribution >= 0.6 is 0 Å².